The largest absolute Gasteiger partial charge is 0.261 e. The van der Waals surface area contributed by atoms with Gasteiger partial charge in [0.1, 0.15) is 5.82 Å². The molecule has 1 heterocycles. The van der Waals surface area contributed by atoms with E-state index in [4.69, 9.17) is 0 Å². The van der Waals surface area contributed by atoms with Crippen molar-refractivity contribution in [3.8, 4) is 0 Å². The van der Waals surface area contributed by atoms with Crippen LogP contribution in [0.3, 0.4) is 0 Å². The Morgan fingerprint density at radius 1 is 1.05 bits per heavy atom. The lowest BCUT2D eigenvalue weighted by atomic mass is 9.87. The van der Waals surface area contributed by atoms with E-state index in [-0.39, 0.29) is 5.41 Å². The van der Waals surface area contributed by atoms with Crippen LogP contribution in [0.1, 0.15) is 31.9 Å². The number of aromatic nitrogens is 1. The zero-order valence-electron chi connectivity index (χ0n) is 11.6. The van der Waals surface area contributed by atoms with E-state index >= 15 is 0 Å². The third kappa shape index (κ3) is 3.91. The standard InChI is InChI=1S/C16H19N3/c1-16(2,3)14-9-7-13(8-10-14)12-18-19-15-6-4-5-11-17-15/h4-12H,1-3H3,(H,17,19). The van der Waals surface area contributed by atoms with Crippen molar-refractivity contribution in [2.24, 2.45) is 5.10 Å². The number of rotatable bonds is 3. The second-order valence-corrected chi connectivity index (χ2v) is 5.46. The molecular formula is C16H19N3. The van der Waals surface area contributed by atoms with Gasteiger partial charge >= 0.3 is 0 Å². The van der Waals surface area contributed by atoms with E-state index in [9.17, 15) is 0 Å². The van der Waals surface area contributed by atoms with Crippen molar-refractivity contribution in [1.29, 1.82) is 0 Å². The van der Waals surface area contributed by atoms with Gasteiger partial charge in [-0.15, -0.1) is 0 Å². The maximum absolute atomic E-state index is 4.17. The Labute approximate surface area is 114 Å². The molecule has 1 aromatic carbocycles. The highest BCUT2D eigenvalue weighted by atomic mass is 15.3. The van der Waals surface area contributed by atoms with Crippen molar-refractivity contribution < 1.29 is 0 Å². The molecule has 3 nitrogen and oxygen atoms in total. The Morgan fingerprint density at radius 2 is 1.79 bits per heavy atom. The van der Waals surface area contributed by atoms with E-state index in [1.165, 1.54) is 5.56 Å². The van der Waals surface area contributed by atoms with Crippen LogP contribution in [-0.4, -0.2) is 11.2 Å². The Morgan fingerprint density at radius 3 is 2.37 bits per heavy atom. The highest BCUT2D eigenvalue weighted by Crippen LogP contribution is 2.21. The summed E-state index contributed by atoms with van der Waals surface area (Å²) in [5, 5.41) is 4.17. The minimum atomic E-state index is 0.182. The van der Waals surface area contributed by atoms with Crippen molar-refractivity contribution in [2.75, 3.05) is 5.43 Å². The van der Waals surface area contributed by atoms with Gasteiger partial charge in [-0.1, -0.05) is 51.1 Å². The maximum atomic E-state index is 4.17. The highest BCUT2D eigenvalue weighted by Gasteiger charge is 2.12. The van der Waals surface area contributed by atoms with E-state index in [2.05, 4.69) is 60.5 Å². The molecule has 98 valence electrons. The van der Waals surface area contributed by atoms with Gasteiger partial charge in [0.05, 0.1) is 6.21 Å². The molecular weight excluding hydrogens is 234 g/mol. The normalized spacial score (nSPS) is 11.7. The Hall–Kier alpha value is -2.16. The topological polar surface area (TPSA) is 37.3 Å². The van der Waals surface area contributed by atoms with Gasteiger partial charge in [-0.05, 0) is 28.7 Å². The summed E-state index contributed by atoms with van der Waals surface area (Å²) in [5.74, 6) is 0.741. The van der Waals surface area contributed by atoms with Gasteiger partial charge in [-0.25, -0.2) is 4.98 Å². The molecule has 0 aliphatic carbocycles. The molecule has 0 spiro atoms. The zero-order valence-corrected chi connectivity index (χ0v) is 11.6. The summed E-state index contributed by atoms with van der Waals surface area (Å²) >= 11 is 0. The molecule has 0 bridgehead atoms. The van der Waals surface area contributed by atoms with Gasteiger partial charge in [0.15, 0.2) is 0 Å². The SMILES string of the molecule is CC(C)(C)c1ccc(C=NNc2ccccn2)cc1. The molecule has 0 saturated carbocycles. The number of hydrazone groups is 1. The molecule has 0 saturated heterocycles. The average molecular weight is 253 g/mol. The van der Waals surface area contributed by atoms with Gasteiger partial charge in [0.25, 0.3) is 0 Å². The monoisotopic (exact) mass is 253 g/mol. The quantitative estimate of drug-likeness (QED) is 0.667. The van der Waals surface area contributed by atoms with Crippen LogP contribution < -0.4 is 5.43 Å². The minimum absolute atomic E-state index is 0.182. The molecule has 0 atom stereocenters. The van der Waals surface area contributed by atoms with Crippen LogP contribution in [0.15, 0.2) is 53.8 Å². The molecule has 0 aliphatic rings. The fourth-order valence-corrected chi connectivity index (χ4v) is 1.67. The summed E-state index contributed by atoms with van der Waals surface area (Å²) in [4.78, 5) is 4.13. The second-order valence-electron chi connectivity index (χ2n) is 5.46. The van der Waals surface area contributed by atoms with Crippen molar-refractivity contribution >= 4 is 12.0 Å². The summed E-state index contributed by atoms with van der Waals surface area (Å²) in [6.45, 7) is 6.62. The van der Waals surface area contributed by atoms with Crippen LogP contribution >= 0.6 is 0 Å². The van der Waals surface area contributed by atoms with Gasteiger partial charge in [0.2, 0.25) is 0 Å². The van der Waals surface area contributed by atoms with E-state index in [0.717, 1.165) is 11.4 Å². The van der Waals surface area contributed by atoms with E-state index in [1.807, 2.05) is 18.2 Å². The lowest BCUT2D eigenvalue weighted by Gasteiger charge is -2.18. The number of nitrogens with zero attached hydrogens (tertiary/aromatic N) is 2. The van der Waals surface area contributed by atoms with Gasteiger partial charge in [0, 0.05) is 6.20 Å². The molecule has 0 unspecified atom stereocenters. The molecule has 0 fully saturated rings. The fraction of sp³-hybridized carbons (Fsp3) is 0.250. The number of nitrogens with one attached hydrogen (secondary N) is 1. The second kappa shape index (κ2) is 5.65. The first-order valence-corrected chi connectivity index (χ1v) is 6.36. The molecule has 1 aromatic heterocycles. The molecule has 1 N–H and O–H groups in total. The summed E-state index contributed by atoms with van der Waals surface area (Å²) in [7, 11) is 0. The van der Waals surface area contributed by atoms with Gasteiger partial charge in [-0.3, -0.25) is 5.43 Å². The fourth-order valence-electron chi connectivity index (χ4n) is 1.67. The van der Waals surface area contributed by atoms with Crippen LogP contribution in [-0.2, 0) is 5.41 Å². The highest BCUT2D eigenvalue weighted by molar-refractivity contribution is 5.80. The summed E-state index contributed by atoms with van der Waals surface area (Å²) in [6, 6.07) is 14.1. The predicted molar refractivity (Wildman–Crippen MR) is 80.6 cm³/mol. The predicted octanol–water partition coefficient (Wildman–Crippen LogP) is 3.83. The molecule has 0 amide bonds. The van der Waals surface area contributed by atoms with Crippen molar-refractivity contribution in [3.63, 3.8) is 0 Å². The minimum Gasteiger partial charge on any atom is -0.261 e. The molecule has 0 aliphatic heterocycles. The molecule has 3 heteroatoms. The van der Waals surface area contributed by atoms with E-state index in [0.29, 0.717) is 0 Å². The van der Waals surface area contributed by atoms with E-state index < -0.39 is 0 Å². The smallest absolute Gasteiger partial charge is 0.146 e. The van der Waals surface area contributed by atoms with E-state index in [1.54, 1.807) is 12.4 Å². The molecule has 0 radical (unpaired) electrons. The van der Waals surface area contributed by atoms with Crippen LogP contribution in [0.5, 0.6) is 0 Å². The molecule has 2 aromatic rings. The van der Waals surface area contributed by atoms with Gasteiger partial charge in [-0.2, -0.15) is 5.10 Å². The number of benzene rings is 1. The van der Waals surface area contributed by atoms with Crippen molar-refractivity contribution in [1.82, 2.24) is 4.98 Å². The van der Waals surface area contributed by atoms with Crippen LogP contribution in [0.4, 0.5) is 5.82 Å². The zero-order chi connectivity index (χ0) is 13.7. The summed E-state index contributed by atoms with van der Waals surface area (Å²) in [6.07, 6.45) is 3.52. The third-order valence-electron chi connectivity index (χ3n) is 2.83. The lowest BCUT2D eigenvalue weighted by Crippen LogP contribution is -2.10. The number of anilines is 1. The Balaban J connectivity index is 2.00. The van der Waals surface area contributed by atoms with Crippen LogP contribution in [0.25, 0.3) is 0 Å². The first-order chi connectivity index (χ1) is 9.05. The molecule has 19 heavy (non-hydrogen) atoms. The Bertz CT molecular complexity index is 536. The number of hydrogen-bond donors (Lipinski definition) is 1. The van der Waals surface area contributed by atoms with Crippen LogP contribution in [0, 0.1) is 0 Å². The van der Waals surface area contributed by atoms with Crippen molar-refractivity contribution in [2.45, 2.75) is 26.2 Å². The van der Waals surface area contributed by atoms with Crippen LogP contribution in [0.2, 0.25) is 0 Å². The first-order valence-electron chi connectivity index (χ1n) is 6.36. The number of pyridine rings is 1. The Kier molecular flexibility index (Phi) is 3.95. The maximum Gasteiger partial charge on any atom is 0.146 e. The lowest BCUT2D eigenvalue weighted by molar-refractivity contribution is 0.590. The third-order valence-corrected chi connectivity index (χ3v) is 2.83. The first kappa shape index (κ1) is 13.3. The average Bonchev–Trinajstić information content (AvgIpc) is 2.39. The number of hydrogen-bond acceptors (Lipinski definition) is 3. The summed E-state index contributed by atoms with van der Waals surface area (Å²) in [5.41, 5.74) is 5.47. The van der Waals surface area contributed by atoms with Crippen molar-refractivity contribution in [3.05, 3.63) is 59.8 Å². The summed E-state index contributed by atoms with van der Waals surface area (Å²) < 4.78 is 0. The molecule has 2 rings (SSSR count). The van der Waals surface area contributed by atoms with Gasteiger partial charge < -0.3 is 0 Å².